The average molecular weight is 299 g/mol. The van der Waals surface area contributed by atoms with Gasteiger partial charge in [0.1, 0.15) is 0 Å². The fourth-order valence-corrected chi connectivity index (χ4v) is 2.21. The second-order valence-corrected chi connectivity index (χ2v) is 5.26. The third kappa shape index (κ3) is 4.67. The summed E-state index contributed by atoms with van der Waals surface area (Å²) >= 11 is 5.88. The zero-order valence-corrected chi connectivity index (χ0v) is 12.2. The molecule has 1 saturated heterocycles. The van der Waals surface area contributed by atoms with E-state index in [-0.39, 0.29) is 6.03 Å². The smallest absolute Gasteiger partial charge is 0.315 e. The molecule has 2 amide bonds. The Morgan fingerprint density at radius 1 is 1.35 bits per heavy atom. The molecule has 0 bridgehead atoms. The van der Waals surface area contributed by atoms with Gasteiger partial charge in [-0.15, -0.1) is 0 Å². The van der Waals surface area contributed by atoms with Gasteiger partial charge in [-0.3, -0.25) is 0 Å². The van der Waals surface area contributed by atoms with Crippen LogP contribution in [-0.2, 0) is 16.0 Å². The van der Waals surface area contributed by atoms with Crippen LogP contribution in [0.25, 0.3) is 0 Å². The predicted molar refractivity (Wildman–Crippen MR) is 76.6 cm³/mol. The van der Waals surface area contributed by atoms with E-state index in [4.69, 9.17) is 21.1 Å². The van der Waals surface area contributed by atoms with Crippen molar-refractivity contribution in [3.8, 4) is 0 Å². The molecule has 1 aliphatic heterocycles. The van der Waals surface area contributed by atoms with Gasteiger partial charge in [-0.25, -0.2) is 4.79 Å². The molecule has 0 radical (unpaired) electrons. The van der Waals surface area contributed by atoms with Crippen molar-refractivity contribution >= 4 is 17.6 Å². The molecule has 0 unspecified atom stereocenters. The summed E-state index contributed by atoms with van der Waals surface area (Å²) in [5.41, 5.74) is 0.960. The zero-order valence-electron chi connectivity index (χ0n) is 11.4. The van der Waals surface area contributed by atoms with Crippen molar-refractivity contribution in [2.45, 2.75) is 25.7 Å². The minimum Gasteiger partial charge on any atom is -0.348 e. The molecule has 1 heterocycles. The minimum atomic E-state index is -0.569. The highest BCUT2D eigenvalue weighted by molar-refractivity contribution is 6.30. The van der Waals surface area contributed by atoms with Crippen molar-refractivity contribution in [3.05, 3.63) is 34.9 Å². The van der Waals surface area contributed by atoms with Crippen molar-refractivity contribution in [1.82, 2.24) is 10.6 Å². The van der Waals surface area contributed by atoms with E-state index in [1.807, 2.05) is 25.1 Å². The maximum Gasteiger partial charge on any atom is 0.315 e. The third-order valence-corrected chi connectivity index (χ3v) is 3.34. The van der Waals surface area contributed by atoms with Crippen LogP contribution >= 0.6 is 11.6 Å². The predicted octanol–water partition coefficient (Wildman–Crippen LogP) is 2.29. The average Bonchev–Trinajstić information content (AvgIpc) is 2.83. The molecule has 2 N–H and O–H groups in total. The van der Waals surface area contributed by atoms with Gasteiger partial charge in [0.25, 0.3) is 0 Å². The standard InChI is InChI=1S/C14H19ClN2O3/c1-14(19-7-8-20-14)5-6-16-13(18)17-10-11-3-2-4-12(15)9-11/h2-4,9H,5-8,10H2,1H3,(H2,16,17,18). The van der Waals surface area contributed by atoms with Crippen molar-refractivity contribution in [2.24, 2.45) is 0 Å². The first-order valence-corrected chi connectivity index (χ1v) is 6.99. The maximum atomic E-state index is 11.6. The van der Waals surface area contributed by atoms with Gasteiger partial charge in [0.15, 0.2) is 5.79 Å². The summed E-state index contributed by atoms with van der Waals surface area (Å²) in [5, 5.41) is 6.21. The first-order chi connectivity index (χ1) is 9.57. The van der Waals surface area contributed by atoms with E-state index in [9.17, 15) is 4.79 Å². The fourth-order valence-electron chi connectivity index (χ4n) is 2.00. The highest BCUT2D eigenvalue weighted by Gasteiger charge is 2.30. The number of benzene rings is 1. The van der Waals surface area contributed by atoms with Crippen molar-refractivity contribution in [3.63, 3.8) is 0 Å². The number of carbonyl (C=O) groups excluding carboxylic acids is 1. The van der Waals surface area contributed by atoms with Crippen molar-refractivity contribution < 1.29 is 14.3 Å². The quantitative estimate of drug-likeness (QED) is 0.877. The summed E-state index contributed by atoms with van der Waals surface area (Å²) in [5.74, 6) is -0.569. The van der Waals surface area contributed by atoms with Gasteiger partial charge in [0.05, 0.1) is 13.2 Å². The lowest BCUT2D eigenvalue weighted by Gasteiger charge is -2.22. The van der Waals surface area contributed by atoms with Crippen LogP contribution in [0.15, 0.2) is 24.3 Å². The molecule has 5 nitrogen and oxygen atoms in total. The number of hydrogen-bond acceptors (Lipinski definition) is 3. The van der Waals surface area contributed by atoms with Gasteiger partial charge in [-0.05, 0) is 24.6 Å². The van der Waals surface area contributed by atoms with Gasteiger partial charge in [-0.1, -0.05) is 23.7 Å². The number of hydrogen-bond donors (Lipinski definition) is 2. The molecule has 0 atom stereocenters. The normalized spacial score (nSPS) is 16.9. The van der Waals surface area contributed by atoms with E-state index in [1.165, 1.54) is 0 Å². The van der Waals surface area contributed by atoms with Crippen LogP contribution in [0.2, 0.25) is 5.02 Å². The largest absolute Gasteiger partial charge is 0.348 e. The Kier molecular flexibility index (Phi) is 5.23. The summed E-state index contributed by atoms with van der Waals surface area (Å²) < 4.78 is 10.9. The summed E-state index contributed by atoms with van der Waals surface area (Å²) in [7, 11) is 0. The van der Waals surface area contributed by atoms with Gasteiger partial charge in [-0.2, -0.15) is 0 Å². The molecule has 0 saturated carbocycles. The number of carbonyl (C=O) groups is 1. The first kappa shape index (κ1) is 15.1. The molecule has 1 fully saturated rings. The van der Waals surface area contributed by atoms with E-state index in [1.54, 1.807) is 6.07 Å². The highest BCUT2D eigenvalue weighted by atomic mass is 35.5. The maximum absolute atomic E-state index is 11.6. The molecule has 2 rings (SSSR count). The first-order valence-electron chi connectivity index (χ1n) is 6.61. The van der Waals surface area contributed by atoms with Crippen molar-refractivity contribution in [1.29, 1.82) is 0 Å². The van der Waals surface area contributed by atoms with Gasteiger partial charge >= 0.3 is 6.03 Å². The Morgan fingerprint density at radius 3 is 2.80 bits per heavy atom. The number of nitrogens with one attached hydrogen (secondary N) is 2. The van der Waals surface area contributed by atoms with E-state index in [2.05, 4.69) is 10.6 Å². The van der Waals surface area contributed by atoms with Crippen LogP contribution in [0.5, 0.6) is 0 Å². The Bertz CT molecular complexity index is 461. The summed E-state index contributed by atoms with van der Waals surface area (Å²) in [6.45, 7) is 4.04. The van der Waals surface area contributed by atoms with Crippen LogP contribution in [0, 0.1) is 0 Å². The number of amides is 2. The lowest BCUT2D eigenvalue weighted by atomic mass is 10.2. The number of halogens is 1. The molecule has 0 aromatic heterocycles. The monoisotopic (exact) mass is 298 g/mol. The topological polar surface area (TPSA) is 59.6 Å². The molecule has 20 heavy (non-hydrogen) atoms. The Labute approximate surface area is 123 Å². The number of rotatable bonds is 5. The molecule has 1 aromatic rings. The Balaban J connectivity index is 1.65. The molecule has 0 aliphatic carbocycles. The Morgan fingerprint density at radius 2 is 2.10 bits per heavy atom. The molecule has 1 aliphatic rings. The fraction of sp³-hybridized carbons (Fsp3) is 0.500. The van der Waals surface area contributed by atoms with E-state index < -0.39 is 5.79 Å². The molecular weight excluding hydrogens is 280 g/mol. The second kappa shape index (κ2) is 6.92. The molecule has 0 spiro atoms. The highest BCUT2D eigenvalue weighted by Crippen LogP contribution is 2.21. The van der Waals surface area contributed by atoms with Gasteiger partial charge in [0, 0.05) is 24.5 Å². The van der Waals surface area contributed by atoms with E-state index in [0.717, 1.165) is 5.56 Å². The van der Waals surface area contributed by atoms with Crippen LogP contribution in [-0.4, -0.2) is 31.6 Å². The molecule has 6 heteroatoms. The minimum absolute atomic E-state index is 0.216. The van der Waals surface area contributed by atoms with Crippen molar-refractivity contribution in [2.75, 3.05) is 19.8 Å². The molecule has 110 valence electrons. The lowest BCUT2D eigenvalue weighted by Crippen LogP contribution is -2.39. The SMILES string of the molecule is CC1(CCNC(=O)NCc2cccc(Cl)c2)OCCO1. The summed E-state index contributed by atoms with van der Waals surface area (Å²) in [6.07, 6.45) is 0.623. The molecular formula is C14H19ClN2O3. The van der Waals surface area contributed by atoms with Crippen LogP contribution in [0.1, 0.15) is 18.9 Å². The zero-order chi connectivity index (χ0) is 14.4. The van der Waals surface area contributed by atoms with Gasteiger partial charge < -0.3 is 20.1 Å². The summed E-state index contributed by atoms with van der Waals surface area (Å²) in [6, 6.07) is 7.17. The Hall–Kier alpha value is -1.30. The third-order valence-electron chi connectivity index (χ3n) is 3.10. The van der Waals surface area contributed by atoms with E-state index >= 15 is 0 Å². The van der Waals surface area contributed by atoms with E-state index in [0.29, 0.717) is 37.7 Å². The number of ether oxygens (including phenoxy) is 2. The summed E-state index contributed by atoms with van der Waals surface area (Å²) in [4.78, 5) is 11.6. The van der Waals surface area contributed by atoms with Crippen LogP contribution in [0.4, 0.5) is 4.79 Å². The number of urea groups is 1. The lowest BCUT2D eigenvalue weighted by molar-refractivity contribution is -0.145. The van der Waals surface area contributed by atoms with Crippen LogP contribution in [0.3, 0.4) is 0 Å². The van der Waals surface area contributed by atoms with Crippen LogP contribution < -0.4 is 10.6 Å². The second-order valence-electron chi connectivity index (χ2n) is 4.82. The molecule has 1 aromatic carbocycles. The van der Waals surface area contributed by atoms with Gasteiger partial charge in [0.2, 0.25) is 0 Å².